The van der Waals surface area contributed by atoms with Crippen molar-refractivity contribution in [2.45, 2.75) is 44.6 Å². The third kappa shape index (κ3) is 4.41. The smallest absolute Gasteiger partial charge is 0.227 e. The Balaban J connectivity index is 1.45. The number of nitrogens with zero attached hydrogens (tertiary/aromatic N) is 3. The molecule has 1 saturated heterocycles. The Hall–Kier alpha value is -1.69. The van der Waals surface area contributed by atoms with E-state index in [9.17, 15) is 4.79 Å². The van der Waals surface area contributed by atoms with Crippen molar-refractivity contribution in [2.75, 3.05) is 32.1 Å². The van der Waals surface area contributed by atoms with Gasteiger partial charge in [0.1, 0.15) is 0 Å². The van der Waals surface area contributed by atoms with Crippen LogP contribution < -0.4 is 5.32 Å². The van der Waals surface area contributed by atoms with Gasteiger partial charge in [0.05, 0.1) is 25.7 Å². The van der Waals surface area contributed by atoms with Gasteiger partial charge in [0.2, 0.25) is 11.9 Å². The van der Waals surface area contributed by atoms with Gasteiger partial charge in [-0.15, -0.1) is 0 Å². The summed E-state index contributed by atoms with van der Waals surface area (Å²) in [5.41, 5.74) is 0.852. The molecule has 0 aromatic carbocycles. The lowest BCUT2D eigenvalue weighted by Crippen LogP contribution is -2.50. The first-order chi connectivity index (χ1) is 11.2. The summed E-state index contributed by atoms with van der Waals surface area (Å²) in [6.45, 7) is 2.23. The zero-order valence-electron chi connectivity index (χ0n) is 13.8. The third-order valence-electron chi connectivity index (χ3n) is 4.90. The number of hydrogen-bond donors (Lipinski definition) is 1. The number of nitrogens with one attached hydrogen (secondary N) is 1. The highest BCUT2D eigenvalue weighted by molar-refractivity contribution is 5.78. The molecule has 6 nitrogen and oxygen atoms in total. The first-order valence-corrected chi connectivity index (χ1v) is 8.60. The standard InChI is InChI=1S/C17H26N4O2/c1-21(15-11-23-12-15)16(22)7-14-9-19-17(20-10-14)18-8-13-5-3-2-4-6-13/h9-10,13,15H,2-8,11-12H2,1H3,(H,18,19,20). The number of anilines is 1. The molecule has 1 N–H and O–H groups in total. The molecular formula is C17H26N4O2. The van der Waals surface area contributed by atoms with Gasteiger partial charge >= 0.3 is 0 Å². The zero-order chi connectivity index (χ0) is 16.1. The van der Waals surface area contributed by atoms with Crippen molar-refractivity contribution in [1.82, 2.24) is 14.9 Å². The van der Waals surface area contributed by atoms with Crippen LogP contribution in [0.5, 0.6) is 0 Å². The van der Waals surface area contributed by atoms with Crippen molar-refractivity contribution < 1.29 is 9.53 Å². The fourth-order valence-corrected chi connectivity index (χ4v) is 3.11. The SMILES string of the molecule is CN(C(=O)Cc1cnc(NCC2CCCCC2)nc1)C1COC1. The lowest BCUT2D eigenvalue weighted by molar-refractivity contribution is -0.140. The topological polar surface area (TPSA) is 67.4 Å². The zero-order valence-corrected chi connectivity index (χ0v) is 13.8. The molecular weight excluding hydrogens is 292 g/mol. The molecule has 1 aromatic heterocycles. The second-order valence-corrected chi connectivity index (χ2v) is 6.67. The van der Waals surface area contributed by atoms with Crippen molar-refractivity contribution in [2.24, 2.45) is 5.92 Å². The molecule has 0 atom stereocenters. The number of amides is 1. The third-order valence-corrected chi connectivity index (χ3v) is 4.90. The summed E-state index contributed by atoms with van der Waals surface area (Å²) >= 11 is 0. The van der Waals surface area contributed by atoms with Crippen molar-refractivity contribution in [3.05, 3.63) is 18.0 Å². The summed E-state index contributed by atoms with van der Waals surface area (Å²) in [5, 5.41) is 3.32. The van der Waals surface area contributed by atoms with Gasteiger partial charge in [-0.3, -0.25) is 4.79 Å². The average molecular weight is 318 g/mol. The van der Waals surface area contributed by atoms with Gasteiger partial charge in [0.25, 0.3) is 0 Å². The first kappa shape index (κ1) is 16.2. The van der Waals surface area contributed by atoms with Crippen LogP contribution in [0.4, 0.5) is 5.95 Å². The Labute approximate surface area is 137 Å². The number of likely N-dealkylation sites (N-methyl/N-ethyl adjacent to an activating group) is 1. The monoisotopic (exact) mass is 318 g/mol. The average Bonchev–Trinajstić information content (AvgIpc) is 2.53. The van der Waals surface area contributed by atoms with Crippen molar-refractivity contribution >= 4 is 11.9 Å². The van der Waals surface area contributed by atoms with Crippen LogP contribution in [-0.2, 0) is 16.0 Å². The Morgan fingerprint density at radius 1 is 1.26 bits per heavy atom. The Kier molecular flexibility index (Phi) is 5.43. The molecule has 3 rings (SSSR count). The van der Waals surface area contributed by atoms with E-state index in [-0.39, 0.29) is 11.9 Å². The lowest BCUT2D eigenvalue weighted by atomic mass is 9.89. The van der Waals surface area contributed by atoms with Gasteiger partial charge in [-0.1, -0.05) is 19.3 Å². The predicted octanol–water partition coefficient (Wildman–Crippen LogP) is 1.87. The van der Waals surface area contributed by atoms with Crippen LogP contribution >= 0.6 is 0 Å². The van der Waals surface area contributed by atoms with Gasteiger partial charge in [0.15, 0.2) is 0 Å². The van der Waals surface area contributed by atoms with Crippen LogP contribution in [0.3, 0.4) is 0 Å². The molecule has 0 bridgehead atoms. The van der Waals surface area contributed by atoms with E-state index in [4.69, 9.17) is 4.74 Å². The maximum absolute atomic E-state index is 12.2. The predicted molar refractivity (Wildman–Crippen MR) is 88.2 cm³/mol. The van der Waals surface area contributed by atoms with Crippen molar-refractivity contribution in [1.29, 1.82) is 0 Å². The molecule has 2 heterocycles. The molecule has 1 aliphatic heterocycles. The van der Waals surface area contributed by atoms with E-state index in [1.165, 1.54) is 32.1 Å². The number of carbonyl (C=O) groups excluding carboxylic acids is 1. The van der Waals surface area contributed by atoms with E-state index in [0.717, 1.165) is 18.0 Å². The minimum atomic E-state index is 0.0878. The quantitative estimate of drug-likeness (QED) is 0.867. The van der Waals surface area contributed by atoms with Gasteiger partial charge in [0, 0.05) is 26.0 Å². The summed E-state index contributed by atoms with van der Waals surface area (Å²) < 4.78 is 5.12. The molecule has 126 valence electrons. The molecule has 6 heteroatoms. The van der Waals surface area contributed by atoms with Crippen LogP contribution in [0.1, 0.15) is 37.7 Å². The van der Waals surface area contributed by atoms with E-state index < -0.39 is 0 Å². The number of carbonyl (C=O) groups is 1. The van der Waals surface area contributed by atoms with Crippen molar-refractivity contribution in [3.8, 4) is 0 Å². The molecule has 1 aliphatic carbocycles. The minimum Gasteiger partial charge on any atom is -0.377 e. The Bertz CT molecular complexity index is 510. The molecule has 0 radical (unpaired) electrons. The van der Waals surface area contributed by atoms with Gasteiger partial charge in [-0.2, -0.15) is 0 Å². The molecule has 1 amide bonds. The summed E-state index contributed by atoms with van der Waals surface area (Å²) in [5.74, 6) is 1.49. The second-order valence-electron chi connectivity index (χ2n) is 6.67. The van der Waals surface area contributed by atoms with E-state index >= 15 is 0 Å². The second kappa shape index (κ2) is 7.73. The van der Waals surface area contributed by atoms with Gasteiger partial charge in [-0.25, -0.2) is 9.97 Å². The van der Waals surface area contributed by atoms with Crippen LogP contribution in [-0.4, -0.2) is 53.6 Å². The van der Waals surface area contributed by atoms with E-state index in [1.54, 1.807) is 17.3 Å². The number of ether oxygens (including phenoxy) is 1. The van der Waals surface area contributed by atoms with Crippen LogP contribution in [0.2, 0.25) is 0 Å². The summed E-state index contributed by atoms with van der Waals surface area (Å²) in [4.78, 5) is 22.6. The highest BCUT2D eigenvalue weighted by Gasteiger charge is 2.26. The lowest BCUT2D eigenvalue weighted by Gasteiger charge is -2.34. The van der Waals surface area contributed by atoms with Crippen LogP contribution in [0.15, 0.2) is 12.4 Å². The highest BCUT2D eigenvalue weighted by Crippen LogP contribution is 2.23. The minimum absolute atomic E-state index is 0.0878. The summed E-state index contributed by atoms with van der Waals surface area (Å²) in [6.07, 6.45) is 10.5. The number of rotatable bonds is 6. The van der Waals surface area contributed by atoms with Crippen molar-refractivity contribution in [3.63, 3.8) is 0 Å². The van der Waals surface area contributed by atoms with E-state index in [1.807, 2.05) is 7.05 Å². The molecule has 1 aromatic rings. The fraction of sp³-hybridized carbons (Fsp3) is 0.706. The Morgan fingerprint density at radius 2 is 1.96 bits per heavy atom. The first-order valence-electron chi connectivity index (χ1n) is 8.60. The normalized spacial score (nSPS) is 19.2. The molecule has 0 unspecified atom stereocenters. The maximum atomic E-state index is 12.2. The van der Waals surface area contributed by atoms with Gasteiger partial charge < -0.3 is 15.0 Å². The largest absolute Gasteiger partial charge is 0.377 e. The van der Waals surface area contributed by atoms with Gasteiger partial charge in [-0.05, 0) is 24.3 Å². The molecule has 2 aliphatic rings. The van der Waals surface area contributed by atoms with Crippen LogP contribution in [0, 0.1) is 5.92 Å². The fourth-order valence-electron chi connectivity index (χ4n) is 3.11. The molecule has 1 saturated carbocycles. The maximum Gasteiger partial charge on any atom is 0.227 e. The number of hydrogen-bond acceptors (Lipinski definition) is 5. The van der Waals surface area contributed by atoms with E-state index in [2.05, 4.69) is 15.3 Å². The summed E-state index contributed by atoms with van der Waals surface area (Å²) in [7, 11) is 1.83. The molecule has 2 fully saturated rings. The summed E-state index contributed by atoms with van der Waals surface area (Å²) in [6, 6.07) is 0.222. The molecule has 23 heavy (non-hydrogen) atoms. The molecule has 0 spiro atoms. The van der Waals surface area contributed by atoms with Crippen LogP contribution in [0.25, 0.3) is 0 Å². The number of aromatic nitrogens is 2. The highest BCUT2D eigenvalue weighted by atomic mass is 16.5. The van der Waals surface area contributed by atoms with E-state index in [0.29, 0.717) is 25.6 Å². The Morgan fingerprint density at radius 3 is 2.57 bits per heavy atom.